The minimum Gasteiger partial charge on any atom is -0.255 e. The van der Waals surface area contributed by atoms with Crippen LogP contribution in [-0.4, -0.2) is 10.7 Å². The summed E-state index contributed by atoms with van der Waals surface area (Å²) in [6.45, 7) is 4.37. The molecule has 0 atom stereocenters. The van der Waals surface area contributed by atoms with Gasteiger partial charge in [-0.05, 0) is 36.8 Å². The summed E-state index contributed by atoms with van der Waals surface area (Å²) in [6.07, 6.45) is 4.43. The third kappa shape index (κ3) is 2.38. The summed E-state index contributed by atoms with van der Waals surface area (Å²) in [5.74, 6) is 1.19. The maximum absolute atomic E-state index is 4.50. The first-order valence-electron chi connectivity index (χ1n) is 5.80. The quantitative estimate of drug-likeness (QED) is 0.570. The first-order chi connectivity index (χ1) is 7.83. The van der Waals surface area contributed by atoms with Crippen molar-refractivity contribution in [2.45, 2.75) is 31.6 Å². The van der Waals surface area contributed by atoms with Crippen LogP contribution in [0.1, 0.15) is 25.3 Å². The van der Waals surface area contributed by atoms with Crippen molar-refractivity contribution in [2.24, 2.45) is 0 Å². The highest BCUT2D eigenvalue weighted by atomic mass is 32.2. The average molecular weight is 231 g/mol. The SMILES string of the molecule is CCCCSc1cccc2c(C)ccnc12. The molecule has 1 aromatic heterocycles. The Balaban J connectivity index is 2.34. The second kappa shape index (κ2) is 5.35. The number of para-hydroxylation sites is 1. The number of hydrogen-bond acceptors (Lipinski definition) is 2. The Bertz CT molecular complexity index is 479. The van der Waals surface area contributed by atoms with Gasteiger partial charge in [0.25, 0.3) is 0 Å². The fraction of sp³-hybridized carbons (Fsp3) is 0.357. The number of aryl methyl sites for hydroxylation is 1. The van der Waals surface area contributed by atoms with Gasteiger partial charge < -0.3 is 0 Å². The summed E-state index contributed by atoms with van der Waals surface area (Å²) in [5.41, 5.74) is 2.46. The van der Waals surface area contributed by atoms with E-state index in [1.807, 2.05) is 18.0 Å². The largest absolute Gasteiger partial charge is 0.255 e. The van der Waals surface area contributed by atoms with Crippen LogP contribution in [0.3, 0.4) is 0 Å². The maximum atomic E-state index is 4.50. The molecule has 0 spiro atoms. The second-order valence-electron chi connectivity index (χ2n) is 3.98. The van der Waals surface area contributed by atoms with Crippen LogP contribution in [-0.2, 0) is 0 Å². The van der Waals surface area contributed by atoms with Gasteiger partial charge in [-0.3, -0.25) is 4.98 Å². The molecule has 0 bridgehead atoms. The normalized spacial score (nSPS) is 10.9. The van der Waals surface area contributed by atoms with Crippen molar-refractivity contribution >= 4 is 22.7 Å². The molecule has 0 aliphatic heterocycles. The van der Waals surface area contributed by atoms with Gasteiger partial charge in [0.05, 0.1) is 5.52 Å². The predicted octanol–water partition coefficient (Wildman–Crippen LogP) is 4.44. The van der Waals surface area contributed by atoms with Gasteiger partial charge in [-0.1, -0.05) is 25.5 Å². The van der Waals surface area contributed by atoms with Gasteiger partial charge in [0, 0.05) is 16.5 Å². The molecule has 0 aliphatic carbocycles. The van der Waals surface area contributed by atoms with Gasteiger partial charge in [-0.25, -0.2) is 0 Å². The van der Waals surface area contributed by atoms with E-state index in [4.69, 9.17) is 0 Å². The molecule has 0 N–H and O–H groups in total. The lowest BCUT2D eigenvalue weighted by atomic mass is 10.1. The van der Waals surface area contributed by atoms with E-state index in [-0.39, 0.29) is 0 Å². The number of fused-ring (bicyclic) bond motifs is 1. The highest BCUT2D eigenvalue weighted by Crippen LogP contribution is 2.28. The lowest BCUT2D eigenvalue weighted by Crippen LogP contribution is -1.86. The number of pyridine rings is 1. The van der Waals surface area contributed by atoms with Crippen LogP contribution in [0.15, 0.2) is 35.4 Å². The molecule has 1 heterocycles. The summed E-state index contributed by atoms with van der Waals surface area (Å²) in [4.78, 5) is 5.81. The average Bonchev–Trinajstić information content (AvgIpc) is 2.31. The van der Waals surface area contributed by atoms with Crippen molar-refractivity contribution in [3.8, 4) is 0 Å². The number of rotatable bonds is 4. The monoisotopic (exact) mass is 231 g/mol. The van der Waals surface area contributed by atoms with Gasteiger partial charge in [0.2, 0.25) is 0 Å². The minimum atomic E-state index is 1.16. The third-order valence-corrected chi connectivity index (χ3v) is 3.84. The molecule has 0 unspecified atom stereocenters. The third-order valence-electron chi connectivity index (χ3n) is 2.71. The van der Waals surface area contributed by atoms with Gasteiger partial charge in [0.15, 0.2) is 0 Å². The Hall–Kier alpha value is -1.02. The molecule has 0 aliphatic rings. The van der Waals surface area contributed by atoms with Gasteiger partial charge in [0.1, 0.15) is 0 Å². The van der Waals surface area contributed by atoms with Crippen molar-refractivity contribution in [1.29, 1.82) is 0 Å². The standard InChI is InChI=1S/C14H17NS/c1-3-4-10-16-13-7-5-6-12-11(2)8-9-15-14(12)13/h5-9H,3-4,10H2,1-2H3. The fourth-order valence-corrected chi connectivity index (χ4v) is 2.86. The highest BCUT2D eigenvalue weighted by Gasteiger charge is 2.03. The van der Waals surface area contributed by atoms with Gasteiger partial charge >= 0.3 is 0 Å². The van der Waals surface area contributed by atoms with E-state index < -0.39 is 0 Å². The molecule has 0 amide bonds. The Morgan fingerprint density at radius 2 is 2.12 bits per heavy atom. The Morgan fingerprint density at radius 1 is 1.25 bits per heavy atom. The van der Waals surface area contributed by atoms with Crippen molar-refractivity contribution in [3.05, 3.63) is 36.0 Å². The zero-order valence-electron chi connectivity index (χ0n) is 9.86. The number of aromatic nitrogens is 1. The summed E-state index contributed by atoms with van der Waals surface area (Å²) in [6, 6.07) is 8.53. The second-order valence-corrected chi connectivity index (χ2v) is 5.12. The molecule has 0 fully saturated rings. The molecule has 0 radical (unpaired) electrons. The van der Waals surface area contributed by atoms with Crippen molar-refractivity contribution < 1.29 is 0 Å². The van der Waals surface area contributed by atoms with Crippen LogP contribution in [0.25, 0.3) is 10.9 Å². The number of benzene rings is 1. The molecule has 16 heavy (non-hydrogen) atoms. The lowest BCUT2D eigenvalue weighted by Gasteiger charge is -2.06. The van der Waals surface area contributed by atoms with Crippen molar-refractivity contribution in [1.82, 2.24) is 4.98 Å². The van der Waals surface area contributed by atoms with Gasteiger partial charge in [-0.2, -0.15) is 0 Å². The lowest BCUT2D eigenvalue weighted by molar-refractivity contribution is 0.896. The Morgan fingerprint density at radius 3 is 2.94 bits per heavy atom. The number of hydrogen-bond donors (Lipinski definition) is 0. The Labute approximate surface area is 101 Å². The van der Waals surface area contributed by atoms with Crippen LogP contribution in [0.4, 0.5) is 0 Å². The molecule has 0 saturated heterocycles. The topological polar surface area (TPSA) is 12.9 Å². The predicted molar refractivity (Wildman–Crippen MR) is 72.1 cm³/mol. The van der Waals surface area contributed by atoms with Crippen molar-refractivity contribution in [2.75, 3.05) is 5.75 Å². The zero-order chi connectivity index (χ0) is 11.4. The van der Waals surface area contributed by atoms with E-state index >= 15 is 0 Å². The molecule has 1 nitrogen and oxygen atoms in total. The molecule has 2 rings (SSSR count). The molecular weight excluding hydrogens is 214 g/mol. The van der Waals surface area contributed by atoms with Crippen LogP contribution >= 0.6 is 11.8 Å². The van der Waals surface area contributed by atoms with Crippen LogP contribution in [0.2, 0.25) is 0 Å². The van der Waals surface area contributed by atoms with Crippen LogP contribution < -0.4 is 0 Å². The van der Waals surface area contributed by atoms with Gasteiger partial charge in [-0.15, -0.1) is 11.8 Å². The van der Waals surface area contributed by atoms with E-state index in [2.05, 4.69) is 43.1 Å². The molecule has 1 aromatic carbocycles. The van der Waals surface area contributed by atoms with E-state index in [0.29, 0.717) is 0 Å². The van der Waals surface area contributed by atoms with Crippen molar-refractivity contribution in [3.63, 3.8) is 0 Å². The number of nitrogens with zero attached hydrogens (tertiary/aromatic N) is 1. The summed E-state index contributed by atoms with van der Waals surface area (Å²) >= 11 is 1.92. The molecule has 2 heteroatoms. The molecule has 2 aromatic rings. The number of thioether (sulfide) groups is 1. The fourth-order valence-electron chi connectivity index (χ4n) is 1.73. The summed E-state index contributed by atoms with van der Waals surface area (Å²) in [5, 5.41) is 1.28. The number of unbranched alkanes of at least 4 members (excludes halogenated alkanes) is 1. The van der Waals surface area contributed by atoms with Crippen LogP contribution in [0.5, 0.6) is 0 Å². The maximum Gasteiger partial charge on any atom is 0.0840 e. The highest BCUT2D eigenvalue weighted by molar-refractivity contribution is 7.99. The minimum absolute atomic E-state index is 1.16. The van der Waals surface area contributed by atoms with E-state index in [9.17, 15) is 0 Å². The molecular formula is C14H17NS. The van der Waals surface area contributed by atoms with E-state index in [1.165, 1.54) is 34.4 Å². The van der Waals surface area contributed by atoms with E-state index in [0.717, 1.165) is 5.52 Å². The van der Waals surface area contributed by atoms with Crippen LogP contribution in [0, 0.1) is 6.92 Å². The molecule has 84 valence electrons. The summed E-state index contributed by atoms with van der Waals surface area (Å²) < 4.78 is 0. The first kappa shape index (κ1) is 11.5. The zero-order valence-corrected chi connectivity index (χ0v) is 10.7. The summed E-state index contributed by atoms with van der Waals surface area (Å²) in [7, 11) is 0. The van der Waals surface area contributed by atoms with E-state index in [1.54, 1.807) is 0 Å². The smallest absolute Gasteiger partial charge is 0.0840 e. The Kier molecular flexibility index (Phi) is 3.83. The molecule has 0 saturated carbocycles. The first-order valence-corrected chi connectivity index (χ1v) is 6.78.